The molecule has 1 aliphatic heterocycles. The van der Waals surface area contributed by atoms with Gasteiger partial charge >= 0.3 is 0 Å². The first kappa shape index (κ1) is 41.7. The lowest BCUT2D eigenvalue weighted by atomic mass is 9.65. The number of hydrogen-bond acceptors (Lipinski definition) is 1. The maximum atomic E-state index is 2.61. The number of hydrogen-bond donors (Lipinski definition) is 0. The van der Waals surface area contributed by atoms with E-state index < -0.39 is 10.8 Å². The van der Waals surface area contributed by atoms with E-state index in [4.69, 9.17) is 0 Å². The van der Waals surface area contributed by atoms with Crippen LogP contribution in [-0.4, -0.2) is 4.57 Å². The predicted octanol–water partition coefficient (Wildman–Crippen LogP) is 18.6. The molecule has 0 saturated heterocycles. The lowest BCUT2D eigenvalue weighted by molar-refractivity contribution is 0.748. The standard InChI is InChI=1S/C74H46N2/c1-2-22-47(23-3-1)49-24-4-5-25-50(49)55-29-10-17-40-67(55)75(70-43-21-38-64-71(70)58-31-9-15-36-62(58)73(64)59-33-12-6-26-51(59)52-27-7-13-34-60(52)73)48-44-45-54-53-28-8-14-35-61(53)74(66(54)46-48)63-37-16-19-42-69(63)76-68-41-18-11-30-56(68)57-32-20-39-65(74)72(57)76/h1-46H. The van der Waals surface area contributed by atoms with Gasteiger partial charge < -0.3 is 9.47 Å². The van der Waals surface area contributed by atoms with Crippen LogP contribution in [0, 0.1) is 0 Å². The summed E-state index contributed by atoms with van der Waals surface area (Å²) in [6.07, 6.45) is 0. The minimum Gasteiger partial charge on any atom is -0.309 e. The molecule has 0 fully saturated rings. The minimum absolute atomic E-state index is 0.507. The Morgan fingerprint density at radius 2 is 0.750 bits per heavy atom. The van der Waals surface area contributed by atoms with E-state index in [0.717, 1.165) is 22.6 Å². The zero-order valence-electron chi connectivity index (χ0n) is 41.5. The van der Waals surface area contributed by atoms with Crippen molar-refractivity contribution in [2.75, 3.05) is 4.90 Å². The number of nitrogens with zero attached hydrogens (tertiary/aromatic N) is 2. The molecule has 2 nitrogen and oxygen atoms in total. The smallest absolute Gasteiger partial charge is 0.0755 e. The minimum atomic E-state index is -0.625. The Morgan fingerprint density at radius 3 is 1.47 bits per heavy atom. The number of benzene rings is 12. The maximum Gasteiger partial charge on any atom is 0.0755 e. The largest absolute Gasteiger partial charge is 0.309 e. The van der Waals surface area contributed by atoms with Crippen molar-refractivity contribution >= 4 is 38.9 Å². The first-order valence-corrected chi connectivity index (χ1v) is 26.6. The molecule has 4 aliphatic rings. The van der Waals surface area contributed by atoms with Crippen molar-refractivity contribution in [2.45, 2.75) is 10.8 Å². The molecular weight excluding hydrogens is 917 g/mol. The fourth-order valence-electron chi connectivity index (χ4n) is 14.9. The fraction of sp³-hybridized carbons (Fsp3) is 0.0270. The van der Waals surface area contributed by atoms with Gasteiger partial charge in [-0.3, -0.25) is 0 Å². The third-order valence-electron chi connectivity index (χ3n) is 17.6. The van der Waals surface area contributed by atoms with Crippen molar-refractivity contribution in [1.82, 2.24) is 4.57 Å². The topological polar surface area (TPSA) is 8.17 Å². The van der Waals surface area contributed by atoms with E-state index >= 15 is 0 Å². The summed E-state index contributed by atoms with van der Waals surface area (Å²) in [5.74, 6) is 0. The molecule has 13 aromatic rings. The van der Waals surface area contributed by atoms with Gasteiger partial charge in [0.15, 0.2) is 0 Å². The Bertz CT molecular complexity index is 4570. The number of anilines is 3. The fourth-order valence-corrected chi connectivity index (χ4v) is 14.9. The lowest BCUT2D eigenvalue weighted by Gasteiger charge is -2.40. The van der Waals surface area contributed by atoms with Gasteiger partial charge in [-0.15, -0.1) is 0 Å². The number of fused-ring (bicyclic) bond motifs is 22. The molecule has 0 radical (unpaired) electrons. The van der Waals surface area contributed by atoms with Gasteiger partial charge in [0.25, 0.3) is 0 Å². The van der Waals surface area contributed by atoms with Crippen molar-refractivity contribution in [1.29, 1.82) is 0 Å². The van der Waals surface area contributed by atoms with E-state index in [-0.39, 0.29) is 0 Å². The van der Waals surface area contributed by atoms with E-state index in [0.29, 0.717) is 0 Å². The van der Waals surface area contributed by atoms with Crippen LogP contribution < -0.4 is 4.90 Å². The van der Waals surface area contributed by atoms with Crippen molar-refractivity contribution in [2.24, 2.45) is 0 Å². The van der Waals surface area contributed by atoms with E-state index in [1.54, 1.807) is 0 Å². The molecule has 17 rings (SSSR count). The molecule has 1 atom stereocenters. The Kier molecular flexibility index (Phi) is 8.44. The molecule has 2 heteroatoms. The molecule has 2 spiro atoms. The van der Waals surface area contributed by atoms with Gasteiger partial charge in [-0.2, -0.15) is 0 Å². The molecule has 0 bridgehead atoms. The molecule has 0 N–H and O–H groups in total. The third kappa shape index (κ3) is 5.16. The summed E-state index contributed by atoms with van der Waals surface area (Å²) in [7, 11) is 0. The molecule has 352 valence electrons. The summed E-state index contributed by atoms with van der Waals surface area (Å²) in [4.78, 5) is 2.61. The van der Waals surface area contributed by atoms with E-state index in [9.17, 15) is 0 Å². The first-order chi connectivity index (χ1) is 37.8. The highest BCUT2D eigenvalue weighted by Crippen LogP contribution is 2.66. The van der Waals surface area contributed by atoms with Gasteiger partial charge in [-0.1, -0.05) is 243 Å². The summed E-state index contributed by atoms with van der Waals surface area (Å²) in [5.41, 5.74) is 28.8. The van der Waals surface area contributed by atoms with Crippen LogP contribution in [0.25, 0.3) is 83.1 Å². The van der Waals surface area contributed by atoms with E-state index in [2.05, 4.69) is 289 Å². The molecule has 3 aliphatic carbocycles. The van der Waals surface area contributed by atoms with Gasteiger partial charge in [-0.25, -0.2) is 0 Å². The Labute approximate surface area is 441 Å². The second kappa shape index (κ2) is 15.4. The number of para-hydroxylation sites is 4. The van der Waals surface area contributed by atoms with Crippen molar-refractivity contribution in [3.05, 3.63) is 324 Å². The molecular formula is C74H46N2. The van der Waals surface area contributed by atoms with Crippen LogP contribution in [0.4, 0.5) is 17.1 Å². The molecule has 1 aromatic heterocycles. The van der Waals surface area contributed by atoms with Crippen LogP contribution in [0.15, 0.2) is 279 Å². The maximum absolute atomic E-state index is 2.61. The number of rotatable bonds is 5. The van der Waals surface area contributed by atoms with Crippen molar-refractivity contribution in [3.8, 4) is 61.3 Å². The predicted molar refractivity (Wildman–Crippen MR) is 313 cm³/mol. The van der Waals surface area contributed by atoms with Crippen molar-refractivity contribution in [3.63, 3.8) is 0 Å². The second-order valence-corrected chi connectivity index (χ2v) is 20.9. The summed E-state index contributed by atoms with van der Waals surface area (Å²) in [6.45, 7) is 0. The third-order valence-corrected chi connectivity index (χ3v) is 17.6. The summed E-state index contributed by atoms with van der Waals surface area (Å²) >= 11 is 0. The lowest BCUT2D eigenvalue weighted by Crippen LogP contribution is -2.33. The van der Waals surface area contributed by atoms with Crippen molar-refractivity contribution < 1.29 is 0 Å². The van der Waals surface area contributed by atoms with Gasteiger partial charge in [0.2, 0.25) is 0 Å². The normalized spacial score (nSPS) is 15.3. The summed E-state index contributed by atoms with van der Waals surface area (Å²) < 4.78 is 2.54. The number of aromatic nitrogens is 1. The monoisotopic (exact) mass is 962 g/mol. The van der Waals surface area contributed by atoms with Gasteiger partial charge in [0, 0.05) is 27.6 Å². The molecule has 76 heavy (non-hydrogen) atoms. The summed E-state index contributed by atoms with van der Waals surface area (Å²) in [6, 6.07) is 105. The molecule has 12 aromatic carbocycles. The Balaban J connectivity index is 0.994. The molecule has 2 heterocycles. The van der Waals surface area contributed by atoms with Crippen LogP contribution >= 0.6 is 0 Å². The van der Waals surface area contributed by atoms with E-state index in [1.165, 1.54) is 122 Å². The molecule has 1 unspecified atom stereocenters. The average molecular weight is 963 g/mol. The quantitative estimate of drug-likeness (QED) is 0.167. The first-order valence-electron chi connectivity index (χ1n) is 26.6. The summed E-state index contributed by atoms with van der Waals surface area (Å²) in [5, 5.41) is 2.55. The van der Waals surface area contributed by atoms with Crippen LogP contribution in [0.5, 0.6) is 0 Å². The van der Waals surface area contributed by atoms with Crippen LogP contribution in [-0.2, 0) is 10.8 Å². The van der Waals surface area contributed by atoms with Gasteiger partial charge in [0.05, 0.1) is 38.9 Å². The highest BCUT2D eigenvalue weighted by atomic mass is 15.1. The Hall–Kier alpha value is -9.76. The van der Waals surface area contributed by atoms with Gasteiger partial charge in [-0.05, 0) is 125 Å². The van der Waals surface area contributed by atoms with Gasteiger partial charge in [0.1, 0.15) is 0 Å². The zero-order chi connectivity index (χ0) is 49.7. The average Bonchev–Trinajstić information content (AvgIpc) is 4.35. The molecule has 0 amide bonds. The molecule has 0 saturated carbocycles. The van der Waals surface area contributed by atoms with Crippen LogP contribution in [0.2, 0.25) is 0 Å². The van der Waals surface area contributed by atoms with Crippen LogP contribution in [0.1, 0.15) is 44.5 Å². The zero-order valence-corrected chi connectivity index (χ0v) is 41.5. The highest BCUT2D eigenvalue weighted by Gasteiger charge is 2.54. The SMILES string of the molecule is c1ccc(-c2ccccc2-c2ccccc2N(c2ccc3c(c2)C2(c4ccccc4-3)c3ccccc3-n3c4ccccc4c4cccc2c43)c2cccc3c2-c2ccccc2C32c3ccccc3-c3ccccc32)cc1. The van der Waals surface area contributed by atoms with Crippen LogP contribution in [0.3, 0.4) is 0 Å². The van der Waals surface area contributed by atoms with E-state index in [1.807, 2.05) is 0 Å². The Morgan fingerprint density at radius 1 is 0.276 bits per heavy atom. The highest BCUT2D eigenvalue weighted by molar-refractivity contribution is 6.13. The second-order valence-electron chi connectivity index (χ2n) is 20.9.